The molecule has 0 aliphatic carbocycles. The summed E-state index contributed by atoms with van der Waals surface area (Å²) in [6, 6.07) is 23.6. The Kier molecular flexibility index (Phi) is 10.4. The third-order valence-electron chi connectivity index (χ3n) is 7.87. The smallest absolute Gasteiger partial charge is 0.323 e. The molecule has 9 heteroatoms. The highest BCUT2D eigenvalue weighted by Gasteiger charge is 2.23. The van der Waals surface area contributed by atoms with Gasteiger partial charge in [0.05, 0.1) is 18.8 Å². The normalized spacial score (nSPS) is 16.2. The number of urea groups is 1. The average molecular weight is 571 g/mol. The van der Waals surface area contributed by atoms with Crippen LogP contribution < -0.4 is 20.9 Å². The standard InChI is InChI=1S/C33H42N6O3/c1-2-26-9-6-10-28(23-26)35-33(41)36-29-11-12-31(30(24-29)32(40)34-13-14-37-19-21-42-22-20-37)39-17-15-38(16-18-39)25-27-7-4-3-5-8-27/h3-12,23-24H,2,13-22,25H2,1H3,(H,34,40)(H2,35,36,41). The minimum absolute atomic E-state index is 0.135. The molecule has 5 rings (SSSR count). The van der Waals surface area contributed by atoms with E-state index >= 15 is 0 Å². The molecule has 0 unspecified atom stereocenters. The molecule has 0 spiro atoms. The molecule has 3 amide bonds. The van der Waals surface area contributed by atoms with E-state index in [2.05, 4.69) is 61.8 Å². The molecule has 0 saturated carbocycles. The summed E-state index contributed by atoms with van der Waals surface area (Å²) in [5, 5.41) is 8.93. The van der Waals surface area contributed by atoms with Crippen LogP contribution in [0, 0.1) is 0 Å². The van der Waals surface area contributed by atoms with E-state index in [-0.39, 0.29) is 11.9 Å². The molecule has 2 saturated heterocycles. The van der Waals surface area contributed by atoms with Crippen LogP contribution in [0.2, 0.25) is 0 Å². The van der Waals surface area contributed by atoms with E-state index in [1.807, 2.05) is 42.5 Å². The van der Waals surface area contributed by atoms with Crippen molar-refractivity contribution in [2.75, 3.05) is 81.1 Å². The molecule has 2 fully saturated rings. The number of nitrogens with zero attached hydrogens (tertiary/aromatic N) is 3. The first-order valence-corrected chi connectivity index (χ1v) is 15.0. The summed E-state index contributed by atoms with van der Waals surface area (Å²) in [5.41, 5.74) is 5.22. The predicted octanol–water partition coefficient (Wildman–Crippen LogP) is 4.28. The average Bonchev–Trinajstić information content (AvgIpc) is 3.02. The van der Waals surface area contributed by atoms with E-state index in [0.717, 1.165) is 88.9 Å². The summed E-state index contributed by atoms with van der Waals surface area (Å²) in [5.74, 6) is -0.135. The zero-order chi connectivity index (χ0) is 29.1. The maximum atomic E-state index is 13.5. The molecular weight excluding hydrogens is 528 g/mol. The fraction of sp³-hybridized carbons (Fsp3) is 0.394. The summed E-state index contributed by atoms with van der Waals surface area (Å²) in [6.07, 6.45) is 0.892. The monoisotopic (exact) mass is 570 g/mol. The summed E-state index contributed by atoms with van der Waals surface area (Å²) in [4.78, 5) is 33.4. The molecule has 0 bridgehead atoms. The second-order valence-electron chi connectivity index (χ2n) is 10.8. The van der Waals surface area contributed by atoms with Gasteiger partial charge in [-0.1, -0.05) is 49.4 Å². The quantitative estimate of drug-likeness (QED) is 0.337. The van der Waals surface area contributed by atoms with Gasteiger partial charge in [-0.3, -0.25) is 14.6 Å². The van der Waals surface area contributed by atoms with Gasteiger partial charge in [-0.05, 0) is 47.9 Å². The van der Waals surface area contributed by atoms with E-state index in [9.17, 15) is 9.59 Å². The van der Waals surface area contributed by atoms with E-state index in [1.54, 1.807) is 6.07 Å². The summed E-state index contributed by atoms with van der Waals surface area (Å²) < 4.78 is 5.44. The number of hydrogen-bond acceptors (Lipinski definition) is 6. The SMILES string of the molecule is CCc1cccc(NC(=O)Nc2ccc(N3CCN(Cc4ccccc4)CC3)c(C(=O)NCCN3CCOCC3)c2)c1. The molecule has 3 aromatic carbocycles. The van der Waals surface area contributed by atoms with Crippen molar-refractivity contribution in [2.45, 2.75) is 19.9 Å². The Hall–Kier alpha value is -3.92. The number of anilines is 3. The first-order valence-electron chi connectivity index (χ1n) is 15.0. The number of morpholine rings is 1. The van der Waals surface area contributed by atoms with Crippen LogP contribution >= 0.6 is 0 Å². The van der Waals surface area contributed by atoms with Gasteiger partial charge in [0.1, 0.15) is 0 Å². The third-order valence-corrected chi connectivity index (χ3v) is 7.87. The van der Waals surface area contributed by atoms with Gasteiger partial charge in [-0.15, -0.1) is 0 Å². The lowest BCUT2D eigenvalue weighted by atomic mass is 10.1. The van der Waals surface area contributed by atoms with Gasteiger partial charge in [-0.25, -0.2) is 4.79 Å². The van der Waals surface area contributed by atoms with E-state index in [4.69, 9.17) is 4.74 Å². The van der Waals surface area contributed by atoms with Gasteiger partial charge in [0.25, 0.3) is 5.91 Å². The number of piperazine rings is 1. The highest BCUT2D eigenvalue weighted by atomic mass is 16.5. The number of hydrogen-bond donors (Lipinski definition) is 3. The highest BCUT2D eigenvalue weighted by Crippen LogP contribution is 2.26. The van der Waals surface area contributed by atoms with Crippen molar-refractivity contribution in [3.05, 3.63) is 89.5 Å². The molecule has 3 N–H and O–H groups in total. The van der Waals surface area contributed by atoms with Crippen molar-refractivity contribution in [1.82, 2.24) is 15.1 Å². The third kappa shape index (κ3) is 8.31. The Labute approximate surface area is 248 Å². The number of nitrogens with one attached hydrogen (secondary N) is 3. The largest absolute Gasteiger partial charge is 0.379 e. The first-order chi connectivity index (χ1) is 20.6. The van der Waals surface area contributed by atoms with Gasteiger partial charge >= 0.3 is 6.03 Å². The van der Waals surface area contributed by atoms with Crippen LogP contribution in [-0.2, 0) is 17.7 Å². The fourth-order valence-electron chi connectivity index (χ4n) is 5.47. The second kappa shape index (κ2) is 14.8. The van der Waals surface area contributed by atoms with Gasteiger partial charge in [0.2, 0.25) is 0 Å². The fourth-order valence-corrected chi connectivity index (χ4v) is 5.47. The van der Waals surface area contributed by atoms with Crippen LogP contribution in [0.3, 0.4) is 0 Å². The van der Waals surface area contributed by atoms with E-state index in [0.29, 0.717) is 17.8 Å². The number of carbonyl (C=O) groups is 2. The number of ether oxygens (including phenoxy) is 1. The van der Waals surface area contributed by atoms with Crippen LogP contribution in [0.15, 0.2) is 72.8 Å². The number of aryl methyl sites for hydroxylation is 1. The van der Waals surface area contributed by atoms with Crippen LogP contribution in [0.1, 0.15) is 28.4 Å². The lowest BCUT2D eigenvalue weighted by Crippen LogP contribution is -2.46. The number of rotatable bonds is 10. The Morgan fingerprint density at radius 3 is 2.21 bits per heavy atom. The molecule has 2 aliphatic rings. The lowest BCUT2D eigenvalue weighted by Gasteiger charge is -2.37. The summed E-state index contributed by atoms with van der Waals surface area (Å²) >= 11 is 0. The molecule has 0 aromatic heterocycles. The molecule has 0 atom stereocenters. The Morgan fingerprint density at radius 1 is 0.762 bits per heavy atom. The number of benzene rings is 3. The highest BCUT2D eigenvalue weighted by molar-refractivity contribution is 6.04. The molecule has 3 aromatic rings. The van der Waals surface area contributed by atoms with Gasteiger partial charge in [0.15, 0.2) is 0 Å². The Morgan fingerprint density at radius 2 is 1.48 bits per heavy atom. The number of amides is 3. The zero-order valence-corrected chi connectivity index (χ0v) is 24.5. The zero-order valence-electron chi connectivity index (χ0n) is 24.5. The van der Waals surface area contributed by atoms with Crippen molar-refractivity contribution >= 4 is 29.0 Å². The Balaban J connectivity index is 1.26. The van der Waals surface area contributed by atoms with Crippen molar-refractivity contribution in [2.24, 2.45) is 0 Å². The van der Waals surface area contributed by atoms with Crippen LogP contribution in [-0.4, -0.2) is 87.3 Å². The molecule has 2 aliphatic heterocycles. The van der Waals surface area contributed by atoms with Gasteiger partial charge < -0.3 is 25.6 Å². The maximum Gasteiger partial charge on any atom is 0.323 e. The topological polar surface area (TPSA) is 89.2 Å². The molecule has 0 radical (unpaired) electrons. The lowest BCUT2D eigenvalue weighted by molar-refractivity contribution is 0.0383. The van der Waals surface area contributed by atoms with Crippen molar-refractivity contribution in [1.29, 1.82) is 0 Å². The first kappa shape index (κ1) is 29.6. The molecule has 9 nitrogen and oxygen atoms in total. The molecule has 42 heavy (non-hydrogen) atoms. The van der Waals surface area contributed by atoms with E-state index in [1.165, 1.54) is 5.56 Å². The predicted molar refractivity (Wildman–Crippen MR) is 168 cm³/mol. The second-order valence-corrected chi connectivity index (χ2v) is 10.8. The van der Waals surface area contributed by atoms with Crippen LogP contribution in [0.5, 0.6) is 0 Å². The maximum absolute atomic E-state index is 13.5. The molecule has 222 valence electrons. The summed E-state index contributed by atoms with van der Waals surface area (Å²) in [7, 11) is 0. The summed E-state index contributed by atoms with van der Waals surface area (Å²) in [6.45, 7) is 11.0. The number of carbonyl (C=O) groups excluding carboxylic acids is 2. The van der Waals surface area contributed by atoms with Crippen molar-refractivity contribution in [3.8, 4) is 0 Å². The van der Waals surface area contributed by atoms with Gasteiger partial charge in [-0.2, -0.15) is 0 Å². The molecule has 2 heterocycles. The minimum Gasteiger partial charge on any atom is -0.379 e. The van der Waals surface area contributed by atoms with Crippen LogP contribution in [0.4, 0.5) is 21.9 Å². The van der Waals surface area contributed by atoms with Gasteiger partial charge in [0, 0.05) is 76.0 Å². The Bertz CT molecular complexity index is 1320. The minimum atomic E-state index is -0.343. The van der Waals surface area contributed by atoms with Crippen molar-refractivity contribution in [3.63, 3.8) is 0 Å². The van der Waals surface area contributed by atoms with Crippen LogP contribution in [0.25, 0.3) is 0 Å². The molecular formula is C33H42N6O3. The van der Waals surface area contributed by atoms with Crippen molar-refractivity contribution < 1.29 is 14.3 Å². The van der Waals surface area contributed by atoms with E-state index < -0.39 is 0 Å².